The van der Waals surface area contributed by atoms with Crippen LogP contribution in [0.15, 0.2) is 11.1 Å². The topological polar surface area (TPSA) is 37.3 Å². The molecule has 0 aliphatic rings. The first-order valence-electron chi connectivity index (χ1n) is 2.98. The van der Waals surface area contributed by atoms with E-state index in [1.54, 1.807) is 0 Å². The summed E-state index contributed by atoms with van der Waals surface area (Å²) < 4.78 is 34.9. The van der Waals surface area contributed by atoms with Crippen LogP contribution in [-0.2, 0) is 4.79 Å². The number of carboxylic acids is 1. The summed E-state index contributed by atoms with van der Waals surface area (Å²) in [5.41, 5.74) is 0. The van der Waals surface area contributed by atoms with Crippen molar-refractivity contribution < 1.29 is 23.1 Å². The first-order chi connectivity index (χ1) is 5.34. The maximum atomic E-state index is 11.6. The Kier molecular flexibility index (Phi) is 4.09. The zero-order valence-electron chi connectivity index (χ0n) is 5.86. The lowest BCUT2D eigenvalue weighted by Crippen LogP contribution is -2.07. The summed E-state index contributed by atoms with van der Waals surface area (Å²) in [4.78, 5) is 9.88. The van der Waals surface area contributed by atoms with Crippen molar-refractivity contribution in [2.75, 3.05) is 0 Å². The molecule has 0 bridgehead atoms. The van der Waals surface area contributed by atoms with Gasteiger partial charge in [-0.15, -0.1) is 0 Å². The van der Waals surface area contributed by atoms with Gasteiger partial charge in [-0.3, -0.25) is 4.79 Å². The highest BCUT2D eigenvalue weighted by atomic mass is 35.5. The lowest BCUT2D eigenvalue weighted by atomic mass is 10.3. The minimum Gasteiger partial charge on any atom is -0.481 e. The Labute approximate surface area is 71.6 Å². The Balaban J connectivity index is 3.94. The van der Waals surface area contributed by atoms with Crippen LogP contribution >= 0.6 is 11.6 Å². The highest BCUT2D eigenvalue weighted by Gasteiger charge is 2.31. The molecule has 0 aliphatic carbocycles. The number of alkyl halides is 3. The van der Waals surface area contributed by atoms with E-state index in [0.29, 0.717) is 6.08 Å². The lowest BCUT2D eigenvalue weighted by Gasteiger charge is -2.02. The van der Waals surface area contributed by atoms with Crippen LogP contribution in [0.3, 0.4) is 0 Å². The molecule has 0 spiro atoms. The summed E-state index contributed by atoms with van der Waals surface area (Å²) in [5.74, 6) is -1.15. The van der Waals surface area contributed by atoms with Crippen LogP contribution in [0.2, 0.25) is 0 Å². The average Bonchev–Trinajstić information content (AvgIpc) is 1.84. The molecule has 0 atom stereocenters. The second-order valence-electron chi connectivity index (χ2n) is 1.98. The first kappa shape index (κ1) is 11.3. The van der Waals surface area contributed by atoms with E-state index in [1.165, 1.54) is 0 Å². The van der Waals surface area contributed by atoms with Gasteiger partial charge in [-0.05, 0) is 6.42 Å². The minimum absolute atomic E-state index is 0.215. The largest absolute Gasteiger partial charge is 0.481 e. The van der Waals surface area contributed by atoms with E-state index in [0.717, 1.165) is 0 Å². The van der Waals surface area contributed by atoms with E-state index in [9.17, 15) is 18.0 Å². The van der Waals surface area contributed by atoms with E-state index in [4.69, 9.17) is 16.7 Å². The van der Waals surface area contributed by atoms with Crippen LogP contribution in [0.1, 0.15) is 12.8 Å². The zero-order chi connectivity index (χ0) is 9.78. The Morgan fingerprint density at radius 1 is 1.50 bits per heavy atom. The fourth-order valence-electron chi connectivity index (χ4n) is 0.438. The normalized spacial score (nSPS) is 13.2. The van der Waals surface area contributed by atoms with Gasteiger partial charge in [0.05, 0.1) is 0 Å². The summed E-state index contributed by atoms with van der Waals surface area (Å²) in [5, 5.41) is 6.80. The quantitative estimate of drug-likeness (QED) is 0.764. The number of aliphatic carboxylic acids is 1. The monoisotopic (exact) mass is 202 g/mol. The predicted octanol–water partition coefficient (Wildman–Crippen LogP) is 2.54. The van der Waals surface area contributed by atoms with Crippen molar-refractivity contribution in [1.82, 2.24) is 0 Å². The van der Waals surface area contributed by atoms with Gasteiger partial charge in [-0.2, -0.15) is 13.2 Å². The third-order valence-corrected chi connectivity index (χ3v) is 1.32. The van der Waals surface area contributed by atoms with Gasteiger partial charge in [-0.25, -0.2) is 0 Å². The third-order valence-electron chi connectivity index (χ3n) is 0.953. The molecule has 0 aromatic carbocycles. The van der Waals surface area contributed by atoms with E-state index in [1.807, 2.05) is 0 Å². The molecule has 0 amide bonds. The summed E-state index contributed by atoms with van der Waals surface area (Å²) in [6.45, 7) is 0. The molecular weight excluding hydrogens is 197 g/mol. The molecule has 0 aliphatic heterocycles. The fraction of sp³-hybridized carbons (Fsp3) is 0.500. The highest BCUT2D eigenvalue weighted by molar-refractivity contribution is 6.30. The van der Waals surface area contributed by atoms with Crippen molar-refractivity contribution in [1.29, 1.82) is 0 Å². The lowest BCUT2D eigenvalue weighted by molar-refractivity contribution is -0.137. The maximum absolute atomic E-state index is 11.6. The van der Waals surface area contributed by atoms with Gasteiger partial charge < -0.3 is 5.11 Å². The smallest absolute Gasteiger partial charge is 0.426 e. The van der Waals surface area contributed by atoms with Gasteiger partial charge in [0.25, 0.3) is 0 Å². The Morgan fingerprint density at radius 2 is 2.00 bits per heavy atom. The van der Waals surface area contributed by atoms with Crippen molar-refractivity contribution in [2.24, 2.45) is 0 Å². The van der Waals surface area contributed by atoms with Gasteiger partial charge in [0.1, 0.15) is 5.03 Å². The van der Waals surface area contributed by atoms with Gasteiger partial charge in [0.2, 0.25) is 0 Å². The molecule has 70 valence electrons. The Hall–Kier alpha value is -0.710. The number of hydrogen-bond acceptors (Lipinski definition) is 1. The number of hydrogen-bond donors (Lipinski definition) is 1. The van der Waals surface area contributed by atoms with Crippen LogP contribution in [0.5, 0.6) is 0 Å². The second-order valence-corrected chi connectivity index (χ2v) is 2.39. The summed E-state index contributed by atoms with van der Waals surface area (Å²) in [6.07, 6.45) is -4.49. The van der Waals surface area contributed by atoms with Crippen LogP contribution in [0.25, 0.3) is 0 Å². The molecular formula is C6H6ClF3O2. The van der Waals surface area contributed by atoms with E-state index in [-0.39, 0.29) is 12.8 Å². The predicted molar refractivity (Wildman–Crippen MR) is 36.9 cm³/mol. The van der Waals surface area contributed by atoms with Gasteiger partial charge in [-0.1, -0.05) is 17.7 Å². The number of carbonyl (C=O) groups is 1. The molecule has 6 heteroatoms. The van der Waals surface area contributed by atoms with Crippen LogP contribution in [0.4, 0.5) is 13.2 Å². The SMILES string of the molecule is O=C(O)CCC=C(Cl)C(F)(F)F. The van der Waals surface area contributed by atoms with Crippen molar-refractivity contribution >= 4 is 17.6 Å². The molecule has 0 saturated carbocycles. The summed E-state index contributed by atoms with van der Waals surface area (Å²) >= 11 is 4.78. The number of halogens is 4. The van der Waals surface area contributed by atoms with E-state index >= 15 is 0 Å². The molecule has 0 unspecified atom stereocenters. The highest BCUT2D eigenvalue weighted by Crippen LogP contribution is 2.28. The molecule has 0 fully saturated rings. The number of rotatable bonds is 3. The molecule has 0 saturated heterocycles. The Bertz CT molecular complexity index is 197. The van der Waals surface area contributed by atoms with Crippen LogP contribution in [-0.4, -0.2) is 17.3 Å². The van der Waals surface area contributed by atoms with Crippen molar-refractivity contribution in [3.05, 3.63) is 11.1 Å². The van der Waals surface area contributed by atoms with E-state index < -0.39 is 17.2 Å². The van der Waals surface area contributed by atoms with Crippen LogP contribution < -0.4 is 0 Å². The molecule has 0 aromatic rings. The van der Waals surface area contributed by atoms with Gasteiger partial charge >= 0.3 is 12.1 Å². The Morgan fingerprint density at radius 3 is 2.33 bits per heavy atom. The van der Waals surface area contributed by atoms with Gasteiger partial charge in [0.15, 0.2) is 0 Å². The fourth-order valence-corrected chi connectivity index (χ4v) is 0.547. The minimum atomic E-state index is -4.57. The molecule has 0 radical (unpaired) electrons. The summed E-state index contributed by atoms with van der Waals surface area (Å²) in [6, 6.07) is 0. The van der Waals surface area contributed by atoms with Crippen molar-refractivity contribution in [2.45, 2.75) is 19.0 Å². The van der Waals surface area contributed by atoms with Crippen molar-refractivity contribution in [3.63, 3.8) is 0 Å². The zero-order valence-corrected chi connectivity index (χ0v) is 6.61. The molecule has 12 heavy (non-hydrogen) atoms. The molecule has 0 aromatic heterocycles. The molecule has 0 heterocycles. The van der Waals surface area contributed by atoms with Gasteiger partial charge in [0, 0.05) is 6.42 Å². The standard InChI is InChI=1S/C6H6ClF3O2/c7-4(6(8,9)10)2-1-3-5(11)12/h2H,1,3H2,(H,11,12). The van der Waals surface area contributed by atoms with Crippen molar-refractivity contribution in [3.8, 4) is 0 Å². The summed E-state index contributed by atoms with van der Waals surface area (Å²) in [7, 11) is 0. The molecule has 1 N–H and O–H groups in total. The number of carboxylic acid groups (broad SMARTS) is 1. The maximum Gasteiger partial charge on any atom is 0.426 e. The molecule has 0 rings (SSSR count). The van der Waals surface area contributed by atoms with Crippen LogP contribution in [0, 0.1) is 0 Å². The number of allylic oxidation sites excluding steroid dienone is 2. The van der Waals surface area contributed by atoms with E-state index in [2.05, 4.69) is 0 Å². The first-order valence-corrected chi connectivity index (χ1v) is 3.36. The second kappa shape index (κ2) is 4.35. The average molecular weight is 203 g/mol. The molecule has 2 nitrogen and oxygen atoms in total. The third kappa shape index (κ3) is 5.01.